The van der Waals surface area contributed by atoms with Gasteiger partial charge in [0.1, 0.15) is 5.82 Å². The van der Waals surface area contributed by atoms with Gasteiger partial charge in [-0.3, -0.25) is 0 Å². The molecule has 0 bridgehead atoms. The number of hydrogen-bond acceptors (Lipinski definition) is 2. The van der Waals surface area contributed by atoms with Crippen molar-refractivity contribution in [3.05, 3.63) is 18.2 Å². The Labute approximate surface area is 130 Å². The van der Waals surface area contributed by atoms with Crippen molar-refractivity contribution in [3.63, 3.8) is 0 Å². The van der Waals surface area contributed by atoms with Gasteiger partial charge in [0.05, 0.1) is 6.04 Å². The summed E-state index contributed by atoms with van der Waals surface area (Å²) in [6.07, 6.45) is 14.9. The predicted octanol–water partition coefficient (Wildman–Crippen LogP) is 4.46. The van der Waals surface area contributed by atoms with Crippen molar-refractivity contribution >= 4 is 0 Å². The summed E-state index contributed by atoms with van der Waals surface area (Å²) in [4.78, 5) is 4.61. The molecule has 0 amide bonds. The monoisotopic (exact) mass is 291 g/mol. The molecule has 2 rings (SSSR count). The zero-order valence-corrected chi connectivity index (χ0v) is 14.1. The van der Waals surface area contributed by atoms with Crippen LogP contribution < -0.4 is 5.32 Å². The normalized spacial score (nSPS) is 24.1. The Morgan fingerprint density at radius 2 is 2.00 bits per heavy atom. The highest BCUT2D eigenvalue weighted by molar-refractivity contribution is 5.02. The second-order valence-electron chi connectivity index (χ2n) is 6.75. The van der Waals surface area contributed by atoms with Crippen LogP contribution in [-0.2, 0) is 7.05 Å². The third-order valence-corrected chi connectivity index (χ3v) is 5.08. The molecule has 1 aliphatic rings. The lowest BCUT2D eigenvalue weighted by atomic mass is 9.76. The maximum absolute atomic E-state index is 4.61. The standard InChI is InChI=1S/C18H33N3/c1-4-6-7-15-8-10-16(11-9-15)17(19-12-5-2)18-20-13-14-21(18)3/h13-17,19H,4-12H2,1-3H3. The Morgan fingerprint density at radius 3 is 2.57 bits per heavy atom. The maximum atomic E-state index is 4.61. The minimum absolute atomic E-state index is 0.442. The average Bonchev–Trinajstić information content (AvgIpc) is 2.93. The molecule has 1 atom stereocenters. The van der Waals surface area contributed by atoms with Crippen LogP contribution in [0.1, 0.15) is 77.1 Å². The van der Waals surface area contributed by atoms with Crippen molar-refractivity contribution in [3.8, 4) is 0 Å². The molecule has 1 aromatic heterocycles. The molecule has 1 heterocycles. The van der Waals surface area contributed by atoms with Gasteiger partial charge in [-0.25, -0.2) is 4.98 Å². The molecular weight excluding hydrogens is 258 g/mol. The van der Waals surface area contributed by atoms with Crippen LogP contribution >= 0.6 is 0 Å². The summed E-state index contributed by atoms with van der Waals surface area (Å²) < 4.78 is 2.19. The van der Waals surface area contributed by atoms with Crippen LogP contribution in [0.2, 0.25) is 0 Å². The fourth-order valence-electron chi connectivity index (χ4n) is 3.75. The zero-order valence-electron chi connectivity index (χ0n) is 14.1. The number of nitrogens with one attached hydrogen (secondary N) is 1. The lowest BCUT2D eigenvalue weighted by molar-refractivity contribution is 0.206. The summed E-state index contributed by atoms with van der Waals surface area (Å²) in [5, 5.41) is 3.76. The van der Waals surface area contributed by atoms with E-state index in [1.807, 2.05) is 6.20 Å². The van der Waals surface area contributed by atoms with Crippen LogP contribution in [0.3, 0.4) is 0 Å². The minimum Gasteiger partial charge on any atom is -0.337 e. The van der Waals surface area contributed by atoms with Crippen molar-refractivity contribution in [2.45, 2.75) is 71.3 Å². The first-order valence-electron chi connectivity index (χ1n) is 8.96. The molecular formula is C18H33N3. The van der Waals surface area contributed by atoms with E-state index in [-0.39, 0.29) is 0 Å². The highest BCUT2D eigenvalue weighted by atomic mass is 15.1. The van der Waals surface area contributed by atoms with Gasteiger partial charge < -0.3 is 9.88 Å². The number of imidazole rings is 1. The number of nitrogens with zero attached hydrogens (tertiary/aromatic N) is 2. The molecule has 120 valence electrons. The summed E-state index contributed by atoms with van der Waals surface area (Å²) in [5.74, 6) is 2.96. The minimum atomic E-state index is 0.442. The van der Waals surface area contributed by atoms with E-state index in [4.69, 9.17) is 0 Å². The number of rotatable bonds is 8. The second kappa shape index (κ2) is 8.57. The number of hydrogen-bond donors (Lipinski definition) is 1. The van der Waals surface area contributed by atoms with Gasteiger partial charge in [-0.15, -0.1) is 0 Å². The molecule has 0 aliphatic heterocycles. The summed E-state index contributed by atoms with van der Waals surface area (Å²) in [6.45, 7) is 5.63. The van der Waals surface area contributed by atoms with Crippen LogP contribution in [0.25, 0.3) is 0 Å². The predicted molar refractivity (Wildman–Crippen MR) is 89.2 cm³/mol. The van der Waals surface area contributed by atoms with Crippen molar-refractivity contribution in [2.75, 3.05) is 6.54 Å². The fourth-order valence-corrected chi connectivity index (χ4v) is 3.75. The van der Waals surface area contributed by atoms with Gasteiger partial charge in [0.15, 0.2) is 0 Å². The molecule has 1 unspecified atom stereocenters. The van der Waals surface area contributed by atoms with Gasteiger partial charge in [-0.1, -0.05) is 46.0 Å². The molecule has 1 aromatic rings. The molecule has 0 radical (unpaired) electrons. The van der Waals surface area contributed by atoms with Crippen molar-refractivity contribution < 1.29 is 0 Å². The Hall–Kier alpha value is -0.830. The van der Waals surface area contributed by atoms with E-state index in [1.54, 1.807) is 0 Å². The van der Waals surface area contributed by atoms with E-state index in [9.17, 15) is 0 Å². The van der Waals surface area contributed by atoms with Gasteiger partial charge in [0, 0.05) is 19.4 Å². The van der Waals surface area contributed by atoms with Crippen molar-refractivity contribution in [1.82, 2.24) is 14.9 Å². The molecule has 21 heavy (non-hydrogen) atoms. The number of aromatic nitrogens is 2. The Balaban J connectivity index is 1.94. The van der Waals surface area contributed by atoms with Gasteiger partial charge in [-0.2, -0.15) is 0 Å². The van der Waals surface area contributed by atoms with Crippen molar-refractivity contribution in [1.29, 1.82) is 0 Å². The molecule has 0 aromatic carbocycles. The van der Waals surface area contributed by atoms with Crippen LogP contribution in [0.15, 0.2) is 12.4 Å². The van der Waals surface area contributed by atoms with Gasteiger partial charge in [-0.05, 0) is 37.6 Å². The van der Waals surface area contributed by atoms with E-state index >= 15 is 0 Å². The lowest BCUT2D eigenvalue weighted by Gasteiger charge is -2.34. The third-order valence-electron chi connectivity index (χ3n) is 5.08. The molecule has 1 saturated carbocycles. The van der Waals surface area contributed by atoms with E-state index in [1.165, 1.54) is 57.2 Å². The molecule has 1 N–H and O–H groups in total. The number of aryl methyl sites for hydroxylation is 1. The number of unbranched alkanes of at least 4 members (excludes halogenated alkanes) is 1. The van der Waals surface area contributed by atoms with E-state index in [0.29, 0.717) is 6.04 Å². The van der Waals surface area contributed by atoms with Gasteiger partial charge >= 0.3 is 0 Å². The molecule has 1 fully saturated rings. The molecule has 0 spiro atoms. The SMILES string of the molecule is CCCCC1CCC(C(NCCC)c2nccn2C)CC1. The summed E-state index contributed by atoms with van der Waals surface area (Å²) in [7, 11) is 2.12. The molecule has 0 saturated heterocycles. The Bertz CT molecular complexity index is 391. The topological polar surface area (TPSA) is 29.9 Å². The van der Waals surface area contributed by atoms with E-state index < -0.39 is 0 Å². The Morgan fingerprint density at radius 1 is 1.24 bits per heavy atom. The van der Waals surface area contributed by atoms with Crippen LogP contribution in [0, 0.1) is 11.8 Å². The highest BCUT2D eigenvalue weighted by Gasteiger charge is 2.30. The smallest absolute Gasteiger partial charge is 0.125 e. The van der Waals surface area contributed by atoms with Crippen LogP contribution in [0.5, 0.6) is 0 Å². The first kappa shape index (κ1) is 16.5. The Kier molecular flexibility index (Phi) is 6.75. The van der Waals surface area contributed by atoms with E-state index in [2.05, 4.69) is 42.0 Å². The largest absolute Gasteiger partial charge is 0.337 e. The average molecular weight is 291 g/mol. The molecule has 1 aliphatic carbocycles. The second-order valence-corrected chi connectivity index (χ2v) is 6.75. The van der Waals surface area contributed by atoms with Gasteiger partial charge in [0.2, 0.25) is 0 Å². The zero-order chi connectivity index (χ0) is 15.1. The van der Waals surface area contributed by atoms with E-state index in [0.717, 1.165) is 18.4 Å². The first-order chi connectivity index (χ1) is 10.3. The summed E-state index contributed by atoms with van der Waals surface area (Å²) >= 11 is 0. The summed E-state index contributed by atoms with van der Waals surface area (Å²) in [5.41, 5.74) is 0. The summed E-state index contributed by atoms with van der Waals surface area (Å²) in [6, 6.07) is 0.442. The molecule has 3 heteroatoms. The van der Waals surface area contributed by atoms with Crippen molar-refractivity contribution in [2.24, 2.45) is 18.9 Å². The third kappa shape index (κ3) is 4.57. The lowest BCUT2D eigenvalue weighted by Crippen LogP contribution is -2.33. The highest BCUT2D eigenvalue weighted by Crippen LogP contribution is 2.38. The fraction of sp³-hybridized carbons (Fsp3) is 0.833. The van der Waals surface area contributed by atoms with Crippen LogP contribution in [-0.4, -0.2) is 16.1 Å². The van der Waals surface area contributed by atoms with Gasteiger partial charge in [0.25, 0.3) is 0 Å². The quantitative estimate of drug-likeness (QED) is 0.766. The maximum Gasteiger partial charge on any atom is 0.125 e. The van der Waals surface area contributed by atoms with Crippen LogP contribution in [0.4, 0.5) is 0 Å². The first-order valence-corrected chi connectivity index (χ1v) is 8.96. The molecule has 3 nitrogen and oxygen atoms in total.